The number of aliphatic hydroxyl groups is 1. The Hall–Kier alpha value is -0.410. The van der Waals surface area contributed by atoms with Crippen LogP contribution in [0.15, 0.2) is 4.99 Å². The van der Waals surface area contributed by atoms with Crippen molar-refractivity contribution >= 4 is 6.21 Å². The summed E-state index contributed by atoms with van der Waals surface area (Å²) in [5.41, 5.74) is 0. The standard InChI is InChI=1S/C8H16N2O/c1-2-10-8-5-7(8)3-4-9-6-11/h2,7-9,11H,3-6H2,1H3. The van der Waals surface area contributed by atoms with Gasteiger partial charge in [0.1, 0.15) is 0 Å². The predicted octanol–water partition coefficient (Wildman–Crippen LogP) is 0.395. The zero-order valence-electron chi connectivity index (χ0n) is 6.95. The summed E-state index contributed by atoms with van der Waals surface area (Å²) in [5.74, 6) is 0.769. The van der Waals surface area contributed by atoms with Gasteiger partial charge in [-0.3, -0.25) is 10.3 Å². The van der Waals surface area contributed by atoms with Crippen LogP contribution in [0.25, 0.3) is 0 Å². The Morgan fingerprint density at radius 3 is 3.18 bits per heavy atom. The van der Waals surface area contributed by atoms with E-state index < -0.39 is 0 Å². The lowest BCUT2D eigenvalue weighted by molar-refractivity contribution is 0.259. The molecular formula is C8H16N2O. The Kier molecular flexibility index (Phi) is 3.52. The van der Waals surface area contributed by atoms with E-state index in [2.05, 4.69) is 10.3 Å². The molecule has 0 radical (unpaired) electrons. The molecule has 0 aromatic rings. The third-order valence-corrected chi connectivity index (χ3v) is 2.03. The fourth-order valence-electron chi connectivity index (χ4n) is 1.28. The van der Waals surface area contributed by atoms with Gasteiger partial charge < -0.3 is 5.11 Å². The van der Waals surface area contributed by atoms with E-state index in [9.17, 15) is 0 Å². The third-order valence-electron chi connectivity index (χ3n) is 2.03. The summed E-state index contributed by atoms with van der Waals surface area (Å²) in [4.78, 5) is 4.28. The van der Waals surface area contributed by atoms with Gasteiger partial charge in [0.15, 0.2) is 0 Å². The lowest BCUT2D eigenvalue weighted by Gasteiger charge is -1.97. The van der Waals surface area contributed by atoms with Gasteiger partial charge in [-0.2, -0.15) is 0 Å². The highest BCUT2D eigenvalue weighted by molar-refractivity contribution is 5.54. The molecule has 1 aliphatic carbocycles. The molecule has 2 atom stereocenters. The van der Waals surface area contributed by atoms with Gasteiger partial charge >= 0.3 is 0 Å². The summed E-state index contributed by atoms with van der Waals surface area (Å²) >= 11 is 0. The first-order chi connectivity index (χ1) is 5.38. The molecule has 0 amide bonds. The predicted molar refractivity (Wildman–Crippen MR) is 45.8 cm³/mol. The number of aliphatic imine (C=N–C) groups is 1. The molecule has 3 heteroatoms. The normalized spacial score (nSPS) is 29.6. The molecule has 0 aromatic carbocycles. The molecule has 1 saturated carbocycles. The van der Waals surface area contributed by atoms with Gasteiger partial charge in [-0.25, -0.2) is 0 Å². The molecule has 1 fully saturated rings. The van der Waals surface area contributed by atoms with Crippen molar-refractivity contribution in [3.05, 3.63) is 0 Å². The molecule has 11 heavy (non-hydrogen) atoms. The van der Waals surface area contributed by atoms with Crippen LogP contribution in [0.1, 0.15) is 19.8 Å². The molecule has 0 spiro atoms. The van der Waals surface area contributed by atoms with Gasteiger partial charge in [-0.1, -0.05) is 0 Å². The fraction of sp³-hybridized carbons (Fsp3) is 0.875. The van der Waals surface area contributed by atoms with Crippen LogP contribution < -0.4 is 5.32 Å². The van der Waals surface area contributed by atoms with Crippen molar-refractivity contribution in [3.63, 3.8) is 0 Å². The second-order valence-electron chi connectivity index (χ2n) is 2.92. The average molecular weight is 156 g/mol. The Balaban J connectivity index is 1.95. The largest absolute Gasteiger partial charge is 0.381 e. The number of hydrogen-bond acceptors (Lipinski definition) is 3. The Bertz CT molecular complexity index is 136. The minimum Gasteiger partial charge on any atom is -0.381 e. The molecule has 0 heterocycles. The first-order valence-electron chi connectivity index (χ1n) is 4.18. The molecule has 1 aliphatic rings. The van der Waals surface area contributed by atoms with Crippen molar-refractivity contribution in [3.8, 4) is 0 Å². The molecule has 0 bridgehead atoms. The van der Waals surface area contributed by atoms with Crippen molar-refractivity contribution in [2.24, 2.45) is 10.9 Å². The van der Waals surface area contributed by atoms with E-state index in [1.807, 2.05) is 13.1 Å². The van der Waals surface area contributed by atoms with E-state index >= 15 is 0 Å². The van der Waals surface area contributed by atoms with E-state index in [-0.39, 0.29) is 6.73 Å². The molecule has 2 unspecified atom stereocenters. The first-order valence-corrected chi connectivity index (χ1v) is 4.18. The zero-order chi connectivity index (χ0) is 8.10. The van der Waals surface area contributed by atoms with E-state index in [0.717, 1.165) is 18.9 Å². The zero-order valence-corrected chi connectivity index (χ0v) is 6.95. The molecular weight excluding hydrogens is 140 g/mol. The van der Waals surface area contributed by atoms with Crippen molar-refractivity contribution in [1.82, 2.24) is 5.32 Å². The monoisotopic (exact) mass is 156 g/mol. The number of aliphatic hydroxyl groups excluding tert-OH is 1. The topological polar surface area (TPSA) is 44.6 Å². The molecule has 64 valence electrons. The molecule has 3 nitrogen and oxygen atoms in total. The summed E-state index contributed by atoms with van der Waals surface area (Å²) in [7, 11) is 0. The van der Waals surface area contributed by atoms with Gasteiger partial charge in [0.25, 0.3) is 0 Å². The number of nitrogens with one attached hydrogen (secondary N) is 1. The summed E-state index contributed by atoms with van der Waals surface area (Å²) in [6.45, 7) is 2.96. The minimum absolute atomic E-state index is 0.0917. The Morgan fingerprint density at radius 2 is 2.55 bits per heavy atom. The quantitative estimate of drug-likeness (QED) is 0.344. The Labute approximate surface area is 67.5 Å². The smallest absolute Gasteiger partial charge is 0.0931 e. The van der Waals surface area contributed by atoms with Crippen molar-refractivity contribution in [2.45, 2.75) is 25.8 Å². The van der Waals surface area contributed by atoms with Crippen LogP contribution in [0.2, 0.25) is 0 Å². The van der Waals surface area contributed by atoms with Crippen LogP contribution in [0.5, 0.6) is 0 Å². The second-order valence-corrected chi connectivity index (χ2v) is 2.92. The number of nitrogens with zero attached hydrogens (tertiary/aromatic N) is 1. The summed E-state index contributed by atoms with van der Waals surface area (Å²) in [5, 5.41) is 11.3. The molecule has 1 rings (SSSR count). The second kappa shape index (κ2) is 4.46. The lowest BCUT2D eigenvalue weighted by Crippen LogP contribution is -2.16. The first kappa shape index (κ1) is 8.68. The maximum atomic E-state index is 8.43. The van der Waals surface area contributed by atoms with Crippen LogP contribution >= 0.6 is 0 Å². The molecule has 0 saturated heterocycles. The van der Waals surface area contributed by atoms with Crippen LogP contribution in [-0.2, 0) is 0 Å². The minimum atomic E-state index is 0.0917. The lowest BCUT2D eigenvalue weighted by atomic mass is 10.3. The van der Waals surface area contributed by atoms with Crippen LogP contribution in [0.3, 0.4) is 0 Å². The van der Waals surface area contributed by atoms with Gasteiger partial charge in [-0.15, -0.1) is 0 Å². The summed E-state index contributed by atoms with van der Waals surface area (Å²) < 4.78 is 0. The highest BCUT2D eigenvalue weighted by Crippen LogP contribution is 2.36. The van der Waals surface area contributed by atoms with Crippen molar-refractivity contribution in [1.29, 1.82) is 0 Å². The van der Waals surface area contributed by atoms with E-state index in [0.29, 0.717) is 6.04 Å². The maximum absolute atomic E-state index is 8.43. The van der Waals surface area contributed by atoms with E-state index in [4.69, 9.17) is 5.11 Å². The van der Waals surface area contributed by atoms with Gasteiger partial charge in [0, 0.05) is 0 Å². The molecule has 0 aliphatic heterocycles. The number of rotatable bonds is 5. The van der Waals surface area contributed by atoms with Crippen LogP contribution in [0, 0.1) is 5.92 Å². The molecule has 0 aromatic heterocycles. The Morgan fingerprint density at radius 1 is 1.73 bits per heavy atom. The van der Waals surface area contributed by atoms with Gasteiger partial charge in [0.05, 0.1) is 12.8 Å². The van der Waals surface area contributed by atoms with Gasteiger partial charge in [0.2, 0.25) is 0 Å². The maximum Gasteiger partial charge on any atom is 0.0931 e. The highest BCUT2D eigenvalue weighted by Gasteiger charge is 2.35. The molecule has 2 N–H and O–H groups in total. The third kappa shape index (κ3) is 2.99. The summed E-state index contributed by atoms with van der Waals surface area (Å²) in [6.07, 6.45) is 4.25. The van der Waals surface area contributed by atoms with E-state index in [1.165, 1.54) is 6.42 Å². The number of hydrogen-bond donors (Lipinski definition) is 2. The van der Waals surface area contributed by atoms with Crippen LogP contribution in [0.4, 0.5) is 0 Å². The van der Waals surface area contributed by atoms with Crippen molar-refractivity contribution in [2.75, 3.05) is 13.3 Å². The van der Waals surface area contributed by atoms with E-state index in [1.54, 1.807) is 0 Å². The van der Waals surface area contributed by atoms with Gasteiger partial charge in [-0.05, 0) is 38.4 Å². The highest BCUT2D eigenvalue weighted by atomic mass is 16.3. The average Bonchev–Trinajstić information content (AvgIpc) is 2.70. The fourth-order valence-corrected chi connectivity index (χ4v) is 1.28. The SMILES string of the molecule is CC=NC1CC1CCNCO. The van der Waals surface area contributed by atoms with Crippen molar-refractivity contribution < 1.29 is 5.11 Å². The summed E-state index contributed by atoms with van der Waals surface area (Å²) in [6, 6.07) is 0.584. The van der Waals surface area contributed by atoms with Crippen LogP contribution in [-0.4, -0.2) is 30.6 Å².